The molecule has 6 N–H and O–H groups in total. The van der Waals surface area contributed by atoms with Gasteiger partial charge in [0, 0.05) is 25.6 Å². The monoisotopic (exact) mass is 690 g/mol. The normalized spacial score (nSPS) is 22.4. The lowest BCUT2D eigenvalue weighted by Gasteiger charge is -2.31. The van der Waals surface area contributed by atoms with Crippen LogP contribution < -0.4 is 25.8 Å². The number of likely N-dealkylation sites (N-methyl/N-ethyl adjacent to an activating group) is 1. The van der Waals surface area contributed by atoms with E-state index in [0.717, 1.165) is 69.1 Å². The third-order valence-electron chi connectivity index (χ3n) is 11.1. The molecule has 0 aliphatic heterocycles. The van der Waals surface area contributed by atoms with Crippen molar-refractivity contribution in [3.05, 3.63) is 53.6 Å². The van der Waals surface area contributed by atoms with Gasteiger partial charge in [0.05, 0.1) is 18.9 Å². The highest BCUT2D eigenvalue weighted by Gasteiger charge is 2.42. The molecule has 0 aromatic heterocycles. The molecule has 50 heavy (non-hydrogen) atoms. The third kappa shape index (κ3) is 9.51. The van der Waals surface area contributed by atoms with E-state index in [0.29, 0.717) is 55.0 Å². The Morgan fingerprint density at radius 3 is 2.52 bits per heavy atom. The first-order chi connectivity index (χ1) is 24.2. The molecule has 0 heterocycles. The summed E-state index contributed by atoms with van der Waals surface area (Å²) >= 11 is 0. The minimum Gasteiger partial charge on any atom is -0.504 e. The molecule has 274 valence electrons. The topological polar surface area (TPSA) is 148 Å². The zero-order chi connectivity index (χ0) is 35.6. The van der Waals surface area contributed by atoms with Crippen LogP contribution in [0, 0.1) is 11.3 Å². The molecule has 3 saturated carbocycles. The lowest BCUT2D eigenvalue weighted by molar-refractivity contribution is -0.123. The summed E-state index contributed by atoms with van der Waals surface area (Å²) in [6.07, 6.45) is 18.5. The first-order valence-electron chi connectivity index (χ1n) is 18.6. The van der Waals surface area contributed by atoms with E-state index in [9.17, 15) is 15.0 Å². The summed E-state index contributed by atoms with van der Waals surface area (Å²) in [7, 11) is 5.06. The molecule has 0 radical (unpaired) electrons. The number of nitrogens with zero attached hydrogens (tertiary/aromatic N) is 1. The number of phenolic OH excluding ortho intramolecular Hbond substituents is 2. The second-order valence-corrected chi connectivity index (χ2v) is 14.7. The third-order valence-corrected chi connectivity index (χ3v) is 11.1. The lowest BCUT2D eigenvalue weighted by Crippen LogP contribution is -2.42. The van der Waals surface area contributed by atoms with Crippen LogP contribution in [0.25, 0.3) is 0 Å². The number of allylic oxidation sites excluding steroid dienone is 2. The maximum absolute atomic E-state index is 13.7. The molecule has 0 bridgehead atoms. The Morgan fingerprint density at radius 1 is 1.04 bits per heavy atom. The van der Waals surface area contributed by atoms with Gasteiger partial charge in [-0.2, -0.15) is 0 Å². The smallest absolute Gasteiger partial charge is 0.192 e. The number of aromatic hydroxyl groups is 2. The molecule has 2 aromatic carbocycles. The maximum Gasteiger partial charge on any atom is 0.192 e. The highest BCUT2D eigenvalue weighted by molar-refractivity contribution is 5.95. The Bertz CT molecular complexity index is 1500. The van der Waals surface area contributed by atoms with Gasteiger partial charge in [0.25, 0.3) is 0 Å². The molecular formula is C40H58N4O6. The van der Waals surface area contributed by atoms with Gasteiger partial charge in [0.2, 0.25) is 0 Å². The van der Waals surface area contributed by atoms with Gasteiger partial charge in [-0.05, 0) is 125 Å². The van der Waals surface area contributed by atoms with Crippen LogP contribution >= 0.6 is 0 Å². The second-order valence-electron chi connectivity index (χ2n) is 14.7. The predicted octanol–water partition coefficient (Wildman–Crippen LogP) is 6.81. The molecule has 10 nitrogen and oxygen atoms in total. The van der Waals surface area contributed by atoms with Gasteiger partial charge in [-0.1, -0.05) is 37.8 Å². The Kier molecular flexibility index (Phi) is 13.1. The van der Waals surface area contributed by atoms with Crippen molar-refractivity contribution in [2.75, 3.05) is 39.7 Å². The minimum absolute atomic E-state index is 0.00333. The predicted molar refractivity (Wildman–Crippen MR) is 198 cm³/mol. The number of benzene rings is 2. The Hall–Kier alpha value is -3.76. The van der Waals surface area contributed by atoms with Gasteiger partial charge in [-0.15, -0.1) is 0 Å². The number of anilines is 1. The number of aryl methyl sites for hydroxylation is 1. The highest BCUT2D eigenvalue weighted by Crippen LogP contribution is 2.45. The quantitative estimate of drug-likeness (QED) is 0.0523. The number of carbonyl (C=O) groups excluding carboxylic acids is 1. The van der Waals surface area contributed by atoms with Gasteiger partial charge in [-0.3, -0.25) is 9.79 Å². The minimum atomic E-state index is -0.450. The number of ketones is 1. The number of aliphatic imine (C=N–C) groups is 1. The Balaban J connectivity index is 1.26. The van der Waals surface area contributed by atoms with E-state index in [4.69, 9.17) is 19.9 Å². The van der Waals surface area contributed by atoms with E-state index in [-0.39, 0.29) is 23.2 Å². The van der Waals surface area contributed by atoms with Crippen molar-refractivity contribution in [2.45, 2.75) is 108 Å². The highest BCUT2D eigenvalue weighted by atomic mass is 16.5. The molecule has 2 unspecified atom stereocenters. The first kappa shape index (κ1) is 37.5. The van der Waals surface area contributed by atoms with Gasteiger partial charge >= 0.3 is 0 Å². The Labute approximate surface area is 297 Å². The Morgan fingerprint density at radius 2 is 1.80 bits per heavy atom. The van der Waals surface area contributed by atoms with Crippen LogP contribution in [0.3, 0.4) is 0 Å². The number of hydrogen-bond donors (Lipinski definition) is 5. The fourth-order valence-corrected chi connectivity index (χ4v) is 8.32. The van der Waals surface area contributed by atoms with Crippen LogP contribution in [0.5, 0.6) is 23.0 Å². The molecule has 0 spiro atoms. The number of nitrogens with two attached hydrogens (primary N) is 1. The number of nitrogens with one attached hydrogen (secondary N) is 2. The van der Waals surface area contributed by atoms with Crippen LogP contribution in [0.15, 0.2) is 47.5 Å². The van der Waals surface area contributed by atoms with Gasteiger partial charge in [-0.25, -0.2) is 0 Å². The average molecular weight is 691 g/mol. The zero-order valence-electron chi connectivity index (χ0n) is 30.3. The summed E-state index contributed by atoms with van der Waals surface area (Å²) in [4.78, 5) is 17.7. The van der Waals surface area contributed by atoms with Crippen LogP contribution in [-0.4, -0.2) is 68.0 Å². The van der Waals surface area contributed by atoms with Crippen molar-refractivity contribution >= 4 is 17.4 Å². The number of phenols is 2. The van der Waals surface area contributed by atoms with E-state index < -0.39 is 11.0 Å². The molecular weight excluding hydrogens is 632 g/mol. The van der Waals surface area contributed by atoms with E-state index in [1.54, 1.807) is 19.2 Å². The summed E-state index contributed by atoms with van der Waals surface area (Å²) in [6, 6.07) is 9.12. The molecule has 3 aliphatic carbocycles. The summed E-state index contributed by atoms with van der Waals surface area (Å²) in [5.74, 6) is 1.77. The summed E-state index contributed by atoms with van der Waals surface area (Å²) in [5, 5.41) is 27.8. The van der Waals surface area contributed by atoms with Crippen molar-refractivity contribution in [3.8, 4) is 23.0 Å². The zero-order valence-corrected chi connectivity index (χ0v) is 30.3. The van der Waals surface area contributed by atoms with E-state index in [1.165, 1.54) is 32.8 Å². The van der Waals surface area contributed by atoms with E-state index in [2.05, 4.69) is 15.6 Å². The van der Waals surface area contributed by atoms with E-state index in [1.807, 2.05) is 37.4 Å². The number of hydrogen-bond acceptors (Lipinski definition) is 8. The number of ether oxygens (including phenoxy) is 3. The van der Waals surface area contributed by atoms with Gasteiger partial charge in [0.15, 0.2) is 34.7 Å². The number of methoxy groups -OCH3 is 1. The molecule has 0 saturated heterocycles. The van der Waals surface area contributed by atoms with Gasteiger partial charge < -0.3 is 40.8 Å². The summed E-state index contributed by atoms with van der Waals surface area (Å²) in [6.45, 7) is 1.46. The van der Waals surface area contributed by atoms with Gasteiger partial charge in [0.1, 0.15) is 5.60 Å². The number of guanidine groups is 1. The molecule has 2 aromatic rings. The van der Waals surface area contributed by atoms with Crippen LogP contribution in [0.4, 0.5) is 5.69 Å². The van der Waals surface area contributed by atoms with Crippen molar-refractivity contribution < 1.29 is 29.2 Å². The number of carbonyl (C=O) groups is 1. The fourth-order valence-electron chi connectivity index (χ4n) is 8.32. The molecule has 5 rings (SSSR count). The largest absolute Gasteiger partial charge is 0.504 e. The summed E-state index contributed by atoms with van der Waals surface area (Å²) in [5.41, 5.74) is 7.50. The van der Waals surface area contributed by atoms with Crippen LogP contribution in [0.1, 0.15) is 94.6 Å². The van der Waals surface area contributed by atoms with E-state index >= 15 is 0 Å². The van der Waals surface area contributed by atoms with Crippen molar-refractivity contribution in [3.63, 3.8) is 0 Å². The molecule has 10 heteroatoms. The maximum atomic E-state index is 13.7. The molecule has 0 amide bonds. The second kappa shape index (κ2) is 17.4. The average Bonchev–Trinajstić information content (AvgIpc) is 3.89. The SMILES string of the molecule is CN=C(N)Nc1cc(CCC=CC(=O)C2(Cc3ccc(O)c(OC)c3)CCCC2)cc(OC2(CNC)CCC(CCOC3CCCC3)C2)c1O. The van der Waals surface area contributed by atoms with Crippen LogP contribution in [-0.2, 0) is 22.4 Å². The molecule has 3 aliphatic rings. The first-order valence-corrected chi connectivity index (χ1v) is 18.6. The standard InChI is InChI=1S/C40H58N4O6/c1-42-27-40(20-16-28(26-40)17-21-49-31-11-5-6-12-31)50-35-23-29(22-32(37(35)47)44-38(41)43-2)10-4-7-13-36(46)39(18-8-9-19-39)25-30-14-15-33(45)34(24-30)48-3/h7,13-15,22-24,28,31,42,45,47H,4-6,8-12,16-21,25-27H2,1-3H3,(H3,41,43,44). The fraction of sp³-hybridized carbons (Fsp3) is 0.600. The molecule has 3 fully saturated rings. The van der Waals surface area contributed by atoms with Crippen molar-refractivity contribution in [2.24, 2.45) is 22.1 Å². The van der Waals surface area contributed by atoms with Crippen LogP contribution in [0.2, 0.25) is 0 Å². The number of rotatable bonds is 17. The molecule has 2 atom stereocenters. The lowest BCUT2D eigenvalue weighted by atomic mass is 9.76. The summed E-state index contributed by atoms with van der Waals surface area (Å²) < 4.78 is 18.3. The van der Waals surface area contributed by atoms with Crippen molar-refractivity contribution in [1.82, 2.24) is 5.32 Å². The van der Waals surface area contributed by atoms with Crippen molar-refractivity contribution in [1.29, 1.82) is 0 Å².